The highest BCUT2D eigenvalue weighted by atomic mass is 19.1. The van der Waals surface area contributed by atoms with Crippen LogP contribution < -0.4 is 5.32 Å². The van der Waals surface area contributed by atoms with E-state index in [1.54, 1.807) is 12.1 Å². The zero-order chi connectivity index (χ0) is 15.9. The van der Waals surface area contributed by atoms with Crippen molar-refractivity contribution in [1.82, 2.24) is 15.5 Å². The van der Waals surface area contributed by atoms with E-state index in [9.17, 15) is 4.39 Å². The van der Waals surface area contributed by atoms with Crippen LogP contribution >= 0.6 is 0 Å². The number of benzene rings is 2. The van der Waals surface area contributed by atoms with Gasteiger partial charge in [-0.25, -0.2) is 4.39 Å². The average molecular weight is 311 g/mol. The Labute approximate surface area is 134 Å². The standard InChI is InChI=1S/C18H18FN3O/c19-16-9-5-4-8-15(16)10-11-20-13-18-22-21-17(23-18)12-14-6-2-1-3-7-14/h1-9,20H,10-13H2. The minimum Gasteiger partial charge on any atom is -0.424 e. The first-order valence-electron chi connectivity index (χ1n) is 7.60. The lowest BCUT2D eigenvalue weighted by Crippen LogP contribution is -2.17. The van der Waals surface area contributed by atoms with Crippen molar-refractivity contribution in [3.63, 3.8) is 0 Å². The fraction of sp³-hybridized carbons (Fsp3) is 0.222. The fourth-order valence-electron chi connectivity index (χ4n) is 2.32. The molecule has 0 atom stereocenters. The molecule has 0 radical (unpaired) electrons. The Bertz CT molecular complexity index is 743. The lowest BCUT2D eigenvalue weighted by molar-refractivity contribution is 0.439. The maximum Gasteiger partial charge on any atom is 0.230 e. The second kappa shape index (κ2) is 7.65. The number of hydrogen-bond acceptors (Lipinski definition) is 4. The van der Waals surface area contributed by atoms with Crippen molar-refractivity contribution in [3.8, 4) is 0 Å². The number of hydrogen-bond donors (Lipinski definition) is 1. The Hall–Kier alpha value is -2.53. The summed E-state index contributed by atoms with van der Waals surface area (Å²) < 4.78 is 19.1. The van der Waals surface area contributed by atoms with Crippen LogP contribution in [0.4, 0.5) is 4.39 Å². The molecule has 1 heterocycles. The van der Waals surface area contributed by atoms with Crippen LogP contribution in [0.25, 0.3) is 0 Å². The van der Waals surface area contributed by atoms with Crippen molar-refractivity contribution < 1.29 is 8.81 Å². The highest BCUT2D eigenvalue weighted by Crippen LogP contribution is 2.09. The van der Waals surface area contributed by atoms with Gasteiger partial charge in [-0.2, -0.15) is 0 Å². The van der Waals surface area contributed by atoms with E-state index in [1.165, 1.54) is 6.07 Å². The molecule has 0 aliphatic rings. The van der Waals surface area contributed by atoms with E-state index in [4.69, 9.17) is 4.42 Å². The highest BCUT2D eigenvalue weighted by Gasteiger charge is 2.07. The van der Waals surface area contributed by atoms with Gasteiger partial charge >= 0.3 is 0 Å². The first-order valence-corrected chi connectivity index (χ1v) is 7.60. The molecule has 4 nitrogen and oxygen atoms in total. The molecule has 0 fully saturated rings. The predicted octanol–water partition coefficient (Wildman–Crippen LogP) is 3.13. The zero-order valence-corrected chi connectivity index (χ0v) is 12.7. The Morgan fingerprint density at radius 3 is 2.48 bits per heavy atom. The van der Waals surface area contributed by atoms with Crippen LogP contribution in [-0.4, -0.2) is 16.7 Å². The third-order valence-corrected chi connectivity index (χ3v) is 3.51. The van der Waals surface area contributed by atoms with Crippen molar-refractivity contribution in [2.75, 3.05) is 6.54 Å². The molecule has 3 rings (SSSR count). The van der Waals surface area contributed by atoms with Crippen molar-refractivity contribution >= 4 is 0 Å². The van der Waals surface area contributed by atoms with E-state index < -0.39 is 0 Å². The summed E-state index contributed by atoms with van der Waals surface area (Å²) in [6.07, 6.45) is 1.25. The van der Waals surface area contributed by atoms with Crippen molar-refractivity contribution in [2.45, 2.75) is 19.4 Å². The molecular weight excluding hydrogens is 293 g/mol. The molecule has 118 valence electrons. The smallest absolute Gasteiger partial charge is 0.230 e. The minimum absolute atomic E-state index is 0.169. The van der Waals surface area contributed by atoms with Gasteiger partial charge in [0.25, 0.3) is 0 Å². The molecule has 3 aromatic rings. The molecule has 5 heteroatoms. The van der Waals surface area contributed by atoms with Crippen molar-refractivity contribution in [1.29, 1.82) is 0 Å². The zero-order valence-electron chi connectivity index (χ0n) is 12.7. The van der Waals surface area contributed by atoms with Crippen LogP contribution in [0.1, 0.15) is 22.9 Å². The molecule has 0 spiro atoms. The van der Waals surface area contributed by atoms with Gasteiger partial charge < -0.3 is 9.73 Å². The number of nitrogens with zero attached hydrogens (tertiary/aromatic N) is 2. The van der Waals surface area contributed by atoms with Gasteiger partial charge in [0.15, 0.2) is 0 Å². The number of nitrogens with one attached hydrogen (secondary N) is 1. The van der Waals surface area contributed by atoms with Crippen LogP contribution in [-0.2, 0) is 19.4 Å². The Balaban J connectivity index is 1.45. The molecule has 0 unspecified atom stereocenters. The quantitative estimate of drug-likeness (QED) is 0.681. The molecule has 0 saturated carbocycles. The Morgan fingerprint density at radius 2 is 1.65 bits per heavy atom. The van der Waals surface area contributed by atoms with E-state index in [2.05, 4.69) is 15.5 Å². The van der Waals surface area contributed by atoms with Crippen LogP contribution in [0.3, 0.4) is 0 Å². The summed E-state index contributed by atoms with van der Waals surface area (Å²) in [5, 5.41) is 11.3. The van der Waals surface area contributed by atoms with Crippen LogP contribution in [0.2, 0.25) is 0 Å². The van der Waals surface area contributed by atoms with Gasteiger partial charge in [0.05, 0.1) is 13.0 Å². The summed E-state index contributed by atoms with van der Waals surface area (Å²) in [6.45, 7) is 1.13. The highest BCUT2D eigenvalue weighted by molar-refractivity contribution is 5.18. The Morgan fingerprint density at radius 1 is 0.913 bits per heavy atom. The molecule has 0 aliphatic heterocycles. The predicted molar refractivity (Wildman–Crippen MR) is 85.4 cm³/mol. The van der Waals surface area contributed by atoms with Crippen molar-refractivity contribution in [3.05, 3.63) is 83.3 Å². The number of rotatable bonds is 7. The minimum atomic E-state index is -0.169. The van der Waals surface area contributed by atoms with Gasteiger partial charge in [-0.05, 0) is 30.2 Å². The molecule has 2 aromatic carbocycles. The normalized spacial score (nSPS) is 10.8. The average Bonchev–Trinajstić information content (AvgIpc) is 3.01. The summed E-state index contributed by atoms with van der Waals surface area (Å²) in [7, 11) is 0. The van der Waals surface area contributed by atoms with Crippen LogP contribution in [0.5, 0.6) is 0 Å². The van der Waals surface area contributed by atoms with E-state index in [-0.39, 0.29) is 5.82 Å². The number of halogens is 1. The van der Waals surface area contributed by atoms with Gasteiger partial charge in [-0.3, -0.25) is 0 Å². The molecule has 0 saturated heterocycles. The van der Waals surface area contributed by atoms with Crippen LogP contribution in [0.15, 0.2) is 59.0 Å². The molecule has 1 N–H and O–H groups in total. The third-order valence-electron chi connectivity index (χ3n) is 3.51. The summed E-state index contributed by atoms with van der Waals surface area (Å²) in [6, 6.07) is 16.8. The van der Waals surface area contributed by atoms with Gasteiger partial charge in [0.2, 0.25) is 11.8 Å². The summed E-state index contributed by atoms with van der Waals surface area (Å²) in [5.74, 6) is 0.976. The molecule has 0 bridgehead atoms. The summed E-state index contributed by atoms with van der Waals surface area (Å²) in [5.41, 5.74) is 1.84. The second-order valence-corrected chi connectivity index (χ2v) is 5.27. The summed E-state index contributed by atoms with van der Waals surface area (Å²) in [4.78, 5) is 0. The lowest BCUT2D eigenvalue weighted by Gasteiger charge is -2.03. The first-order chi connectivity index (χ1) is 11.3. The van der Waals surface area contributed by atoms with E-state index in [1.807, 2.05) is 36.4 Å². The molecule has 1 aromatic heterocycles. The maximum atomic E-state index is 13.5. The molecule has 0 aliphatic carbocycles. The van der Waals surface area contributed by atoms with E-state index in [0.29, 0.717) is 43.3 Å². The first kappa shape index (κ1) is 15.4. The largest absolute Gasteiger partial charge is 0.424 e. The third kappa shape index (κ3) is 4.47. The monoisotopic (exact) mass is 311 g/mol. The van der Waals surface area contributed by atoms with Crippen molar-refractivity contribution in [2.24, 2.45) is 0 Å². The topological polar surface area (TPSA) is 51.0 Å². The molecule has 23 heavy (non-hydrogen) atoms. The van der Waals surface area contributed by atoms with Gasteiger partial charge in [0.1, 0.15) is 5.82 Å². The second-order valence-electron chi connectivity index (χ2n) is 5.27. The fourth-order valence-corrected chi connectivity index (χ4v) is 2.32. The van der Waals surface area contributed by atoms with Crippen LogP contribution in [0, 0.1) is 5.82 Å². The summed E-state index contributed by atoms with van der Waals surface area (Å²) >= 11 is 0. The molecular formula is C18H18FN3O. The SMILES string of the molecule is Fc1ccccc1CCNCc1nnc(Cc2ccccc2)o1. The number of aromatic nitrogens is 2. The maximum absolute atomic E-state index is 13.5. The van der Waals surface area contributed by atoms with Gasteiger partial charge in [0, 0.05) is 0 Å². The lowest BCUT2D eigenvalue weighted by atomic mass is 10.1. The van der Waals surface area contributed by atoms with E-state index in [0.717, 1.165) is 5.56 Å². The van der Waals surface area contributed by atoms with E-state index >= 15 is 0 Å². The molecule has 0 amide bonds. The van der Waals surface area contributed by atoms with Gasteiger partial charge in [-0.15, -0.1) is 10.2 Å². The van der Waals surface area contributed by atoms with Gasteiger partial charge in [-0.1, -0.05) is 48.5 Å². The Kier molecular flexibility index (Phi) is 5.11.